The number of hydrogen-bond donors (Lipinski definition) is 2. The van der Waals surface area contributed by atoms with E-state index in [1.54, 1.807) is 11.0 Å². The monoisotopic (exact) mass is 628 g/mol. The standard InChI is InChI=1S/C32H46N6O5S.H2/c1-20-18-32(8,9)38(19-20)27-23(28(39)36-44(41,42)25-12-10-11-24(33)34-25)17-22(26(35-27)30(2,3)4)21-13-15-37(16-14-21)29(40)43-31(5,6)7;/h10-13,17,20H,14-16,18-19H2,1-9H3,(H2,33,34)(H,36,39);1H. The summed E-state index contributed by atoms with van der Waals surface area (Å²) in [5, 5.41) is -0.348. The molecule has 1 unspecified atom stereocenters. The van der Waals surface area contributed by atoms with Crippen molar-refractivity contribution < 1.29 is 24.2 Å². The molecule has 0 aliphatic carbocycles. The van der Waals surface area contributed by atoms with Crippen molar-refractivity contribution in [1.82, 2.24) is 19.6 Å². The van der Waals surface area contributed by atoms with Gasteiger partial charge in [-0.3, -0.25) is 4.79 Å². The number of nitrogen functional groups attached to an aromatic ring is 1. The highest BCUT2D eigenvalue weighted by atomic mass is 32.2. The molecular formula is C32H48N6O5S. The molecule has 0 spiro atoms. The third kappa shape index (κ3) is 7.34. The third-order valence-electron chi connectivity index (χ3n) is 7.74. The van der Waals surface area contributed by atoms with Crippen LogP contribution in [0.2, 0.25) is 0 Å². The Kier molecular flexibility index (Phi) is 8.82. The van der Waals surface area contributed by atoms with Gasteiger partial charge in [-0.1, -0.05) is 39.8 Å². The van der Waals surface area contributed by atoms with Gasteiger partial charge < -0.3 is 20.3 Å². The van der Waals surface area contributed by atoms with Crippen molar-refractivity contribution in [2.75, 3.05) is 30.3 Å². The maximum Gasteiger partial charge on any atom is 0.410 e. The molecule has 4 heterocycles. The normalized spacial score (nSPS) is 19.0. The van der Waals surface area contributed by atoms with Crippen LogP contribution in [-0.4, -0.2) is 66.1 Å². The molecule has 0 saturated carbocycles. The van der Waals surface area contributed by atoms with E-state index in [4.69, 9.17) is 15.5 Å². The summed E-state index contributed by atoms with van der Waals surface area (Å²) in [5.74, 6) is 0.00572. The minimum atomic E-state index is -4.33. The molecule has 2 amide bonds. The van der Waals surface area contributed by atoms with Crippen molar-refractivity contribution in [2.24, 2.45) is 5.92 Å². The van der Waals surface area contributed by atoms with Crippen LogP contribution in [0.25, 0.3) is 5.57 Å². The van der Waals surface area contributed by atoms with Gasteiger partial charge in [-0.2, -0.15) is 8.42 Å². The van der Waals surface area contributed by atoms with Crippen LogP contribution in [-0.2, 0) is 20.2 Å². The number of pyridine rings is 2. The Labute approximate surface area is 262 Å². The maximum atomic E-state index is 14.0. The van der Waals surface area contributed by atoms with Crippen LogP contribution in [0.3, 0.4) is 0 Å². The molecule has 0 aromatic carbocycles. The summed E-state index contributed by atoms with van der Waals surface area (Å²) in [6.45, 7) is 19.5. The Bertz CT molecular complexity index is 1590. The van der Waals surface area contributed by atoms with E-state index in [-0.39, 0.29) is 29.5 Å². The molecule has 242 valence electrons. The second-order valence-electron chi connectivity index (χ2n) is 14.5. The van der Waals surface area contributed by atoms with E-state index in [9.17, 15) is 18.0 Å². The van der Waals surface area contributed by atoms with Gasteiger partial charge in [0.2, 0.25) is 0 Å². The molecule has 12 heteroatoms. The molecule has 44 heavy (non-hydrogen) atoms. The first-order valence-electron chi connectivity index (χ1n) is 15.0. The average molecular weight is 629 g/mol. The maximum absolute atomic E-state index is 14.0. The zero-order chi connectivity index (χ0) is 32.8. The molecule has 4 rings (SSSR count). The largest absolute Gasteiger partial charge is 0.444 e. The molecule has 1 saturated heterocycles. The van der Waals surface area contributed by atoms with Crippen molar-refractivity contribution in [3.05, 3.63) is 47.2 Å². The number of anilines is 2. The number of amides is 2. The zero-order valence-corrected chi connectivity index (χ0v) is 28.1. The number of nitrogens with one attached hydrogen (secondary N) is 1. The van der Waals surface area contributed by atoms with E-state index in [1.165, 1.54) is 18.2 Å². The smallest absolute Gasteiger partial charge is 0.410 e. The van der Waals surface area contributed by atoms with Crippen molar-refractivity contribution >= 4 is 39.2 Å². The summed E-state index contributed by atoms with van der Waals surface area (Å²) in [6.07, 6.45) is 2.97. The van der Waals surface area contributed by atoms with Crippen molar-refractivity contribution in [1.29, 1.82) is 0 Å². The molecule has 2 aliphatic rings. The lowest BCUT2D eigenvalue weighted by Gasteiger charge is -2.36. The van der Waals surface area contributed by atoms with Gasteiger partial charge >= 0.3 is 6.09 Å². The zero-order valence-electron chi connectivity index (χ0n) is 27.3. The van der Waals surface area contributed by atoms with Gasteiger partial charge in [0, 0.05) is 37.6 Å². The average Bonchev–Trinajstić information content (AvgIpc) is 3.17. The van der Waals surface area contributed by atoms with E-state index < -0.39 is 26.9 Å². The molecule has 0 radical (unpaired) electrons. The van der Waals surface area contributed by atoms with Gasteiger partial charge in [0.15, 0.2) is 5.03 Å². The first kappa shape index (κ1) is 33.2. The van der Waals surface area contributed by atoms with Gasteiger partial charge in [0.1, 0.15) is 17.2 Å². The summed E-state index contributed by atoms with van der Waals surface area (Å²) in [4.78, 5) is 39.5. The topological polar surface area (TPSA) is 148 Å². The lowest BCUT2D eigenvalue weighted by molar-refractivity contribution is 0.0270. The van der Waals surface area contributed by atoms with Crippen molar-refractivity contribution in [2.45, 2.75) is 96.7 Å². The van der Waals surface area contributed by atoms with Crippen molar-refractivity contribution in [3.63, 3.8) is 0 Å². The molecule has 2 aromatic heterocycles. The number of aromatic nitrogens is 2. The number of ether oxygens (including phenoxy) is 1. The lowest BCUT2D eigenvalue weighted by atomic mass is 9.83. The minimum absolute atomic E-state index is 0. The fourth-order valence-corrected chi connectivity index (χ4v) is 6.81. The van der Waals surface area contributed by atoms with Gasteiger partial charge in [-0.05, 0) is 77.2 Å². The van der Waals surface area contributed by atoms with Crippen LogP contribution in [0.15, 0.2) is 35.4 Å². The quantitative estimate of drug-likeness (QED) is 0.446. The predicted octanol–water partition coefficient (Wildman–Crippen LogP) is 5.37. The van der Waals surface area contributed by atoms with Crippen LogP contribution in [0.4, 0.5) is 16.4 Å². The molecule has 1 fully saturated rings. The second-order valence-corrected chi connectivity index (χ2v) is 16.1. The van der Waals surface area contributed by atoms with E-state index in [0.717, 1.165) is 23.3 Å². The predicted molar refractivity (Wildman–Crippen MR) is 174 cm³/mol. The number of carbonyl (C=O) groups excluding carboxylic acids is 2. The summed E-state index contributed by atoms with van der Waals surface area (Å²) in [6, 6.07) is 5.98. The Balaban J connectivity index is 0.00000552. The molecule has 11 nitrogen and oxygen atoms in total. The summed E-state index contributed by atoms with van der Waals surface area (Å²) >= 11 is 0. The van der Waals surface area contributed by atoms with Crippen molar-refractivity contribution in [3.8, 4) is 0 Å². The van der Waals surface area contributed by atoms with E-state index >= 15 is 0 Å². The number of sulfonamides is 1. The first-order valence-corrected chi connectivity index (χ1v) is 16.5. The van der Waals surface area contributed by atoms with Crippen LogP contribution in [0.1, 0.15) is 98.2 Å². The Morgan fingerprint density at radius 3 is 2.34 bits per heavy atom. The minimum Gasteiger partial charge on any atom is -0.444 e. The first-order chi connectivity index (χ1) is 20.2. The van der Waals surface area contributed by atoms with Crippen LogP contribution < -0.4 is 15.4 Å². The number of nitrogens with zero attached hydrogens (tertiary/aromatic N) is 4. The highest BCUT2D eigenvalue weighted by Crippen LogP contribution is 2.41. The molecule has 2 aliphatic heterocycles. The summed E-state index contributed by atoms with van der Waals surface area (Å²) in [5.41, 5.74) is 7.01. The number of hydrogen-bond acceptors (Lipinski definition) is 9. The Hall–Kier alpha value is -3.67. The second kappa shape index (κ2) is 11.7. The molecule has 1 atom stereocenters. The lowest BCUT2D eigenvalue weighted by Crippen LogP contribution is -2.42. The number of rotatable bonds is 5. The van der Waals surface area contributed by atoms with Gasteiger partial charge in [-0.25, -0.2) is 19.5 Å². The Morgan fingerprint density at radius 1 is 1.14 bits per heavy atom. The van der Waals surface area contributed by atoms with E-state index in [2.05, 4.69) is 56.1 Å². The number of carbonyl (C=O) groups is 2. The highest BCUT2D eigenvalue weighted by Gasteiger charge is 2.40. The fraction of sp³-hybridized carbons (Fsp3) is 0.562. The fourth-order valence-electron chi connectivity index (χ4n) is 5.87. The molecule has 3 N–H and O–H groups in total. The van der Waals surface area contributed by atoms with E-state index in [0.29, 0.717) is 37.8 Å². The number of nitrogens with two attached hydrogens (primary N) is 1. The molecule has 0 bridgehead atoms. The van der Waals surface area contributed by atoms with Gasteiger partial charge in [0.25, 0.3) is 15.9 Å². The van der Waals surface area contributed by atoms with Crippen LogP contribution >= 0.6 is 0 Å². The van der Waals surface area contributed by atoms with Crippen LogP contribution in [0.5, 0.6) is 0 Å². The molecular weight excluding hydrogens is 580 g/mol. The summed E-state index contributed by atoms with van der Waals surface area (Å²) in [7, 11) is -4.33. The highest BCUT2D eigenvalue weighted by molar-refractivity contribution is 7.90. The van der Waals surface area contributed by atoms with Gasteiger partial charge in [-0.15, -0.1) is 0 Å². The SMILES string of the molecule is CC1CN(c2nc(C(C)(C)C)c(C3=CCN(C(=O)OC(C)(C)C)CC3)cc2C(=O)NS(=O)(=O)c2cccc(N)n2)C(C)(C)C1.[HH]. The molecule has 2 aromatic rings. The van der Waals surface area contributed by atoms with Crippen LogP contribution in [0, 0.1) is 5.92 Å². The summed E-state index contributed by atoms with van der Waals surface area (Å²) < 4.78 is 34.3. The third-order valence-corrected chi connectivity index (χ3v) is 8.97. The Morgan fingerprint density at radius 2 is 1.82 bits per heavy atom. The van der Waals surface area contributed by atoms with E-state index in [1.807, 2.05) is 26.8 Å². The van der Waals surface area contributed by atoms with Gasteiger partial charge in [0.05, 0.1) is 11.3 Å².